The maximum Gasteiger partial charge on any atom is 0.291 e. The topological polar surface area (TPSA) is 61.8 Å². The van der Waals surface area contributed by atoms with Gasteiger partial charge < -0.3 is 9.84 Å². The van der Waals surface area contributed by atoms with Gasteiger partial charge in [-0.1, -0.05) is 42.5 Å². The molecule has 1 atom stereocenters. The second-order valence-electron chi connectivity index (χ2n) is 7.23. The van der Waals surface area contributed by atoms with E-state index in [1.54, 1.807) is 12.1 Å². The number of hydrogen-bond donors (Lipinski definition) is 2. The van der Waals surface area contributed by atoms with Crippen molar-refractivity contribution in [1.82, 2.24) is 10.4 Å². The molecule has 3 aromatic carbocycles. The number of benzene rings is 3. The van der Waals surface area contributed by atoms with Crippen LogP contribution in [0.2, 0.25) is 0 Å². The molecule has 5 nitrogen and oxygen atoms in total. The number of ether oxygens (including phenoxy) is 1. The van der Waals surface area contributed by atoms with Crippen LogP contribution in [-0.2, 0) is 6.61 Å². The van der Waals surface area contributed by atoms with Crippen LogP contribution in [0.4, 0.5) is 17.6 Å². The van der Waals surface area contributed by atoms with Gasteiger partial charge in [-0.2, -0.15) is 0 Å². The van der Waals surface area contributed by atoms with E-state index in [-0.39, 0.29) is 23.3 Å². The Bertz CT molecular complexity index is 1170. The smallest absolute Gasteiger partial charge is 0.291 e. The highest BCUT2D eigenvalue weighted by atomic mass is 19.3. The zero-order chi connectivity index (χ0) is 22.9. The van der Waals surface area contributed by atoms with Crippen molar-refractivity contribution in [3.8, 4) is 5.75 Å². The van der Waals surface area contributed by atoms with Crippen molar-refractivity contribution in [3.63, 3.8) is 0 Å². The zero-order valence-electron chi connectivity index (χ0n) is 16.5. The van der Waals surface area contributed by atoms with Gasteiger partial charge in [0.15, 0.2) is 0 Å². The SMILES string of the molecule is O=C(c1ccc(COc2ccc3ccccc3c2)cc1)N1NC(C(F)F)=CC1(O)C(F)F. The van der Waals surface area contributed by atoms with E-state index < -0.39 is 30.2 Å². The predicted molar refractivity (Wildman–Crippen MR) is 109 cm³/mol. The van der Waals surface area contributed by atoms with Gasteiger partial charge in [0.25, 0.3) is 18.8 Å². The van der Waals surface area contributed by atoms with Gasteiger partial charge >= 0.3 is 0 Å². The molecule has 0 saturated carbocycles. The Morgan fingerprint density at radius 1 is 1.00 bits per heavy atom. The van der Waals surface area contributed by atoms with Crippen molar-refractivity contribution < 1.29 is 32.2 Å². The Balaban J connectivity index is 1.45. The second kappa shape index (κ2) is 8.51. The van der Waals surface area contributed by atoms with Crippen molar-refractivity contribution in [3.05, 3.63) is 89.6 Å². The van der Waals surface area contributed by atoms with Gasteiger partial charge in [-0.3, -0.25) is 10.2 Å². The first-order valence-corrected chi connectivity index (χ1v) is 9.61. The van der Waals surface area contributed by atoms with E-state index in [1.807, 2.05) is 47.9 Å². The molecule has 1 heterocycles. The lowest BCUT2D eigenvalue weighted by Crippen LogP contribution is -2.56. The lowest BCUT2D eigenvalue weighted by Gasteiger charge is -2.31. The summed E-state index contributed by atoms with van der Waals surface area (Å²) in [5.74, 6) is -0.431. The van der Waals surface area contributed by atoms with Gasteiger partial charge in [-0.05, 0) is 40.6 Å². The van der Waals surface area contributed by atoms with Crippen LogP contribution in [0.5, 0.6) is 5.75 Å². The highest BCUT2D eigenvalue weighted by Crippen LogP contribution is 2.31. The summed E-state index contributed by atoms with van der Waals surface area (Å²) in [7, 11) is 0. The molecule has 2 N–H and O–H groups in total. The number of aliphatic hydroxyl groups is 1. The van der Waals surface area contributed by atoms with E-state index in [4.69, 9.17) is 4.74 Å². The van der Waals surface area contributed by atoms with Gasteiger partial charge in [-0.25, -0.2) is 22.6 Å². The Labute approximate surface area is 180 Å². The lowest BCUT2D eigenvalue weighted by molar-refractivity contribution is -0.146. The molecule has 0 aliphatic carbocycles. The summed E-state index contributed by atoms with van der Waals surface area (Å²) in [6, 6.07) is 19.3. The molecule has 0 bridgehead atoms. The van der Waals surface area contributed by atoms with Crippen LogP contribution in [0.1, 0.15) is 15.9 Å². The first-order valence-electron chi connectivity index (χ1n) is 9.61. The summed E-state index contributed by atoms with van der Waals surface area (Å²) >= 11 is 0. The molecule has 0 aromatic heterocycles. The molecule has 32 heavy (non-hydrogen) atoms. The average molecular weight is 446 g/mol. The Morgan fingerprint density at radius 3 is 2.34 bits per heavy atom. The van der Waals surface area contributed by atoms with Crippen LogP contribution < -0.4 is 10.2 Å². The van der Waals surface area contributed by atoms with Crippen molar-refractivity contribution in [2.45, 2.75) is 25.2 Å². The van der Waals surface area contributed by atoms with Crippen LogP contribution in [0.15, 0.2) is 78.5 Å². The van der Waals surface area contributed by atoms with Gasteiger partial charge in [0, 0.05) is 11.6 Å². The minimum atomic E-state index is -3.50. The molecule has 166 valence electrons. The minimum absolute atomic E-state index is 0.0741. The number of hydrazine groups is 1. The Hall–Kier alpha value is -3.59. The molecular weight excluding hydrogens is 428 g/mol. The number of nitrogens with one attached hydrogen (secondary N) is 1. The molecule has 1 unspecified atom stereocenters. The molecule has 3 aromatic rings. The van der Waals surface area contributed by atoms with Crippen molar-refractivity contribution >= 4 is 16.7 Å². The van der Waals surface area contributed by atoms with Gasteiger partial charge in [0.05, 0.1) is 5.70 Å². The van der Waals surface area contributed by atoms with E-state index in [0.29, 0.717) is 11.3 Å². The summed E-state index contributed by atoms with van der Waals surface area (Å²) in [5.41, 5.74) is -1.65. The van der Waals surface area contributed by atoms with E-state index >= 15 is 0 Å². The fourth-order valence-corrected chi connectivity index (χ4v) is 3.33. The van der Waals surface area contributed by atoms with Gasteiger partial charge in [0.2, 0.25) is 5.72 Å². The molecule has 9 heteroatoms. The van der Waals surface area contributed by atoms with E-state index in [1.165, 1.54) is 12.1 Å². The highest BCUT2D eigenvalue weighted by Gasteiger charge is 2.51. The number of hydrogen-bond acceptors (Lipinski definition) is 4. The molecule has 0 saturated heterocycles. The largest absolute Gasteiger partial charge is 0.489 e. The van der Waals surface area contributed by atoms with Gasteiger partial charge in [-0.15, -0.1) is 0 Å². The van der Waals surface area contributed by atoms with E-state index in [0.717, 1.165) is 10.8 Å². The zero-order valence-corrected chi connectivity index (χ0v) is 16.5. The van der Waals surface area contributed by atoms with E-state index in [2.05, 4.69) is 0 Å². The van der Waals surface area contributed by atoms with Crippen LogP contribution >= 0.6 is 0 Å². The third-order valence-corrected chi connectivity index (χ3v) is 5.05. The quantitative estimate of drug-likeness (QED) is 0.548. The van der Waals surface area contributed by atoms with Crippen LogP contribution in [0.3, 0.4) is 0 Å². The van der Waals surface area contributed by atoms with Crippen molar-refractivity contribution in [2.75, 3.05) is 0 Å². The number of carbonyl (C=O) groups is 1. The maximum atomic E-state index is 13.3. The fraction of sp³-hybridized carbons (Fsp3) is 0.174. The predicted octanol–water partition coefficient (Wildman–Crippen LogP) is 4.48. The number of halogens is 4. The highest BCUT2D eigenvalue weighted by molar-refractivity contribution is 5.95. The molecular formula is C23H18F4N2O3. The fourth-order valence-electron chi connectivity index (χ4n) is 3.33. The number of alkyl halides is 4. The van der Waals surface area contributed by atoms with E-state index in [9.17, 15) is 27.5 Å². The number of amides is 1. The van der Waals surface area contributed by atoms with Crippen molar-refractivity contribution in [2.24, 2.45) is 0 Å². The summed E-state index contributed by atoms with van der Waals surface area (Å²) in [5, 5.41) is 12.3. The monoisotopic (exact) mass is 446 g/mol. The van der Waals surface area contributed by atoms with Crippen LogP contribution in [0, 0.1) is 0 Å². The summed E-state index contributed by atoms with van der Waals surface area (Å²) in [4.78, 5) is 12.6. The first-order chi connectivity index (χ1) is 15.3. The van der Waals surface area contributed by atoms with Crippen LogP contribution in [0.25, 0.3) is 10.8 Å². The Morgan fingerprint density at radius 2 is 1.69 bits per heavy atom. The average Bonchev–Trinajstić information content (AvgIpc) is 3.17. The summed E-state index contributed by atoms with van der Waals surface area (Å²) < 4.78 is 58.2. The number of rotatable bonds is 6. The minimum Gasteiger partial charge on any atom is -0.489 e. The number of allylic oxidation sites excluding steroid dienone is 1. The van der Waals surface area contributed by atoms with Gasteiger partial charge in [0.1, 0.15) is 12.4 Å². The molecule has 1 amide bonds. The maximum absolute atomic E-state index is 13.3. The summed E-state index contributed by atoms with van der Waals surface area (Å²) in [6.45, 7) is 0.187. The molecule has 0 radical (unpaired) electrons. The molecule has 1 aliphatic rings. The van der Waals surface area contributed by atoms with Crippen LogP contribution in [-0.4, -0.2) is 34.6 Å². The number of carbonyl (C=O) groups excluding carboxylic acids is 1. The van der Waals surface area contributed by atoms with Crippen molar-refractivity contribution in [1.29, 1.82) is 0 Å². The second-order valence-corrected chi connectivity index (χ2v) is 7.23. The first kappa shape index (κ1) is 21.6. The summed E-state index contributed by atoms with van der Waals surface area (Å²) in [6.07, 6.45) is -6.40. The molecule has 0 fully saturated rings. The normalized spacial score (nSPS) is 18.2. The lowest BCUT2D eigenvalue weighted by atomic mass is 10.1. The molecule has 0 spiro atoms. The number of nitrogens with zero attached hydrogens (tertiary/aromatic N) is 1. The third kappa shape index (κ3) is 4.11. The third-order valence-electron chi connectivity index (χ3n) is 5.05. The standard InChI is InChI=1S/C23H18F4N2O3/c24-20(25)19-12-23(31,22(26)27)29(28-19)21(30)16-7-5-14(6-8-16)13-32-18-10-9-15-3-1-2-4-17(15)11-18/h1-12,20,22,28,31H,13H2. The number of fused-ring (bicyclic) bond motifs is 1. The Kier molecular flexibility index (Phi) is 5.75. The molecule has 4 rings (SSSR count). The molecule has 1 aliphatic heterocycles.